The van der Waals surface area contributed by atoms with Gasteiger partial charge in [0.05, 0.1) is 12.6 Å². The van der Waals surface area contributed by atoms with Crippen molar-refractivity contribution in [2.24, 2.45) is 0 Å². The number of ether oxygens (including phenoxy) is 1. The Hall–Kier alpha value is -1.44. The van der Waals surface area contributed by atoms with Crippen LogP contribution in [-0.2, 0) is 11.2 Å². The third-order valence-corrected chi connectivity index (χ3v) is 5.67. The smallest absolute Gasteiger partial charge is 0.315 e. The summed E-state index contributed by atoms with van der Waals surface area (Å²) in [5.74, 6) is 0. The summed E-state index contributed by atoms with van der Waals surface area (Å²) in [6.07, 6.45) is 2.75. The molecule has 2 aromatic rings. The summed E-state index contributed by atoms with van der Waals surface area (Å²) in [4.78, 5) is 18.8. The highest BCUT2D eigenvalue weighted by molar-refractivity contribution is 7.11. The second-order valence-corrected chi connectivity index (χ2v) is 7.56. The Morgan fingerprint density at radius 3 is 3.23 bits per heavy atom. The Labute approximate surface area is 137 Å². The topological polar surface area (TPSA) is 63.2 Å². The van der Waals surface area contributed by atoms with Gasteiger partial charge in [0.2, 0.25) is 0 Å². The molecule has 5 nitrogen and oxygen atoms in total. The molecule has 22 heavy (non-hydrogen) atoms. The van der Waals surface area contributed by atoms with E-state index in [0.717, 1.165) is 22.9 Å². The Morgan fingerprint density at radius 1 is 1.59 bits per heavy atom. The molecule has 3 heterocycles. The minimum absolute atomic E-state index is 0.0434. The van der Waals surface area contributed by atoms with E-state index in [0.29, 0.717) is 6.54 Å². The predicted octanol–water partition coefficient (Wildman–Crippen LogP) is 3.19. The van der Waals surface area contributed by atoms with Gasteiger partial charge in [-0.2, -0.15) is 0 Å². The molecule has 3 rings (SSSR count). The number of carbonyl (C=O) groups is 1. The van der Waals surface area contributed by atoms with E-state index in [1.54, 1.807) is 22.7 Å². The first-order valence-corrected chi connectivity index (χ1v) is 8.97. The number of thiazole rings is 1. The molecule has 2 amide bonds. The number of nitrogens with one attached hydrogen (secondary N) is 2. The molecule has 0 bridgehead atoms. The van der Waals surface area contributed by atoms with Crippen LogP contribution in [0.25, 0.3) is 0 Å². The normalized spacial score (nSPS) is 18.5. The van der Waals surface area contributed by atoms with Crippen molar-refractivity contribution in [3.63, 3.8) is 0 Å². The zero-order chi connectivity index (χ0) is 15.5. The average molecular weight is 337 g/mol. The van der Waals surface area contributed by atoms with Gasteiger partial charge in [-0.25, -0.2) is 9.78 Å². The van der Waals surface area contributed by atoms with Crippen molar-refractivity contribution in [1.29, 1.82) is 0 Å². The molecular weight excluding hydrogens is 318 g/mol. The van der Waals surface area contributed by atoms with E-state index in [4.69, 9.17) is 4.74 Å². The molecule has 1 aliphatic heterocycles. The molecule has 0 fully saturated rings. The first-order valence-electron chi connectivity index (χ1n) is 7.28. The van der Waals surface area contributed by atoms with Crippen molar-refractivity contribution in [2.45, 2.75) is 32.4 Å². The Morgan fingerprint density at radius 2 is 2.45 bits per heavy atom. The van der Waals surface area contributed by atoms with Crippen molar-refractivity contribution in [3.05, 3.63) is 38.0 Å². The lowest BCUT2D eigenvalue weighted by Crippen LogP contribution is -2.40. The molecule has 0 radical (unpaired) electrons. The summed E-state index contributed by atoms with van der Waals surface area (Å²) in [6.45, 7) is 5.15. The molecular formula is C15H19N3O2S2. The number of aryl methyl sites for hydroxylation is 1. The molecule has 2 N–H and O–H groups in total. The number of amides is 2. The molecule has 0 aliphatic carbocycles. The van der Waals surface area contributed by atoms with Crippen LogP contribution >= 0.6 is 22.7 Å². The number of hydrogen-bond acceptors (Lipinski definition) is 5. The third-order valence-electron chi connectivity index (χ3n) is 3.58. The number of carbonyl (C=O) groups excluding carboxylic acids is 1. The highest BCUT2D eigenvalue weighted by Crippen LogP contribution is 2.30. The Balaban J connectivity index is 1.51. The molecule has 0 saturated heterocycles. The highest BCUT2D eigenvalue weighted by Gasteiger charge is 2.22. The first kappa shape index (κ1) is 15.5. The SMILES string of the molecule is Cc1cnc([C@H](C)NC(=O)NC[C@@H]2OCCc3sccc32)s1. The summed E-state index contributed by atoms with van der Waals surface area (Å²) in [6, 6.07) is 1.80. The molecule has 0 spiro atoms. The van der Waals surface area contributed by atoms with Gasteiger partial charge in [0.25, 0.3) is 0 Å². The minimum atomic E-state index is -0.189. The maximum absolute atomic E-state index is 12.0. The van der Waals surface area contributed by atoms with E-state index >= 15 is 0 Å². The molecule has 2 aromatic heterocycles. The Kier molecular flexibility index (Phi) is 4.75. The van der Waals surface area contributed by atoms with E-state index in [1.807, 2.05) is 20.0 Å². The van der Waals surface area contributed by atoms with Crippen LogP contribution in [0.2, 0.25) is 0 Å². The van der Waals surface area contributed by atoms with Crippen molar-refractivity contribution >= 4 is 28.7 Å². The van der Waals surface area contributed by atoms with Gasteiger partial charge in [-0.05, 0) is 30.9 Å². The van der Waals surface area contributed by atoms with Crippen LogP contribution in [0.1, 0.15) is 39.4 Å². The fraction of sp³-hybridized carbons (Fsp3) is 0.467. The average Bonchev–Trinajstić information content (AvgIpc) is 3.13. The van der Waals surface area contributed by atoms with Gasteiger partial charge in [-0.1, -0.05) is 0 Å². The summed E-state index contributed by atoms with van der Waals surface area (Å²) in [5, 5.41) is 8.81. The molecule has 0 unspecified atom stereocenters. The second-order valence-electron chi connectivity index (χ2n) is 5.29. The van der Waals surface area contributed by atoms with Crippen LogP contribution in [0.4, 0.5) is 4.79 Å². The molecule has 0 saturated carbocycles. The van der Waals surface area contributed by atoms with E-state index in [1.165, 1.54) is 10.4 Å². The molecule has 118 valence electrons. The fourth-order valence-corrected chi connectivity index (χ4v) is 4.15. The second kappa shape index (κ2) is 6.76. The maximum Gasteiger partial charge on any atom is 0.315 e. The molecule has 7 heteroatoms. The number of urea groups is 1. The zero-order valence-corrected chi connectivity index (χ0v) is 14.2. The summed E-state index contributed by atoms with van der Waals surface area (Å²) in [7, 11) is 0. The van der Waals surface area contributed by atoms with Crippen LogP contribution in [0.3, 0.4) is 0 Å². The van der Waals surface area contributed by atoms with Gasteiger partial charge in [-0.3, -0.25) is 0 Å². The standard InChI is InChI=1S/C15H19N3O2S2/c1-9-7-16-14(22-9)10(2)18-15(19)17-8-12-11-4-6-21-13(11)3-5-20-12/h4,6-7,10,12H,3,5,8H2,1-2H3,(H2,17,18,19)/t10-,12-/m0/s1. The highest BCUT2D eigenvalue weighted by atomic mass is 32.1. The number of hydrogen-bond donors (Lipinski definition) is 2. The summed E-state index contributed by atoms with van der Waals surface area (Å²) < 4.78 is 5.76. The minimum Gasteiger partial charge on any atom is -0.371 e. The summed E-state index contributed by atoms with van der Waals surface area (Å²) in [5.41, 5.74) is 1.21. The Bertz CT molecular complexity index is 653. The monoisotopic (exact) mass is 337 g/mol. The van der Waals surface area contributed by atoms with Crippen molar-refractivity contribution in [2.75, 3.05) is 13.2 Å². The molecule has 2 atom stereocenters. The largest absolute Gasteiger partial charge is 0.371 e. The molecule has 1 aliphatic rings. The van der Waals surface area contributed by atoms with Crippen molar-refractivity contribution in [3.8, 4) is 0 Å². The number of rotatable bonds is 4. The van der Waals surface area contributed by atoms with E-state index < -0.39 is 0 Å². The zero-order valence-electron chi connectivity index (χ0n) is 12.6. The number of thiophene rings is 1. The lowest BCUT2D eigenvalue weighted by atomic mass is 10.1. The van der Waals surface area contributed by atoms with Crippen LogP contribution in [0, 0.1) is 6.92 Å². The number of fused-ring (bicyclic) bond motifs is 1. The van der Waals surface area contributed by atoms with Crippen LogP contribution in [-0.4, -0.2) is 24.2 Å². The van der Waals surface area contributed by atoms with E-state index in [-0.39, 0.29) is 18.2 Å². The number of aromatic nitrogens is 1. The third kappa shape index (κ3) is 3.48. The van der Waals surface area contributed by atoms with Gasteiger partial charge in [0.15, 0.2) is 0 Å². The van der Waals surface area contributed by atoms with Gasteiger partial charge in [0.1, 0.15) is 11.1 Å². The summed E-state index contributed by atoms with van der Waals surface area (Å²) >= 11 is 3.36. The van der Waals surface area contributed by atoms with E-state index in [9.17, 15) is 4.79 Å². The predicted molar refractivity (Wildman–Crippen MR) is 88.5 cm³/mol. The van der Waals surface area contributed by atoms with Crippen molar-refractivity contribution in [1.82, 2.24) is 15.6 Å². The molecule has 0 aromatic carbocycles. The van der Waals surface area contributed by atoms with E-state index in [2.05, 4.69) is 27.1 Å². The quantitative estimate of drug-likeness (QED) is 0.900. The lowest BCUT2D eigenvalue weighted by Gasteiger charge is -2.24. The number of nitrogens with zero attached hydrogens (tertiary/aromatic N) is 1. The van der Waals surface area contributed by atoms with Gasteiger partial charge < -0.3 is 15.4 Å². The van der Waals surface area contributed by atoms with Gasteiger partial charge in [0, 0.05) is 28.9 Å². The fourth-order valence-electron chi connectivity index (χ4n) is 2.46. The van der Waals surface area contributed by atoms with Gasteiger partial charge >= 0.3 is 6.03 Å². The van der Waals surface area contributed by atoms with Crippen LogP contribution in [0.5, 0.6) is 0 Å². The lowest BCUT2D eigenvalue weighted by molar-refractivity contribution is 0.0453. The first-order chi connectivity index (χ1) is 10.6. The van der Waals surface area contributed by atoms with Crippen LogP contribution in [0.15, 0.2) is 17.6 Å². The maximum atomic E-state index is 12.0. The van der Waals surface area contributed by atoms with Crippen LogP contribution < -0.4 is 10.6 Å². The van der Waals surface area contributed by atoms with Crippen molar-refractivity contribution < 1.29 is 9.53 Å². The van der Waals surface area contributed by atoms with Gasteiger partial charge in [-0.15, -0.1) is 22.7 Å².